The van der Waals surface area contributed by atoms with Crippen LogP contribution in [0, 0.1) is 6.92 Å². The molecule has 0 aliphatic heterocycles. The van der Waals surface area contributed by atoms with Crippen molar-refractivity contribution >= 4 is 15.8 Å². The normalized spacial score (nSPS) is 12.9. The SMILES string of the molecule is Cc1ccc(C(C)NS(=O)(=O)c2cccnc2NN)cc1. The molecule has 0 radical (unpaired) electrons. The summed E-state index contributed by atoms with van der Waals surface area (Å²) in [7, 11) is -3.72. The maximum atomic E-state index is 12.4. The Labute approximate surface area is 124 Å². The molecule has 1 heterocycles. The van der Waals surface area contributed by atoms with Crippen molar-refractivity contribution in [3.8, 4) is 0 Å². The number of hydrogen-bond acceptors (Lipinski definition) is 5. The highest BCUT2D eigenvalue weighted by atomic mass is 32.2. The standard InChI is InChI=1S/C14H18N4O2S/c1-10-5-7-12(8-6-10)11(2)18-21(19,20)13-4-3-9-16-14(13)17-15/h3-9,11,18H,15H2,1-2H3,(H,16,17). The molecule has 4 N–H and O–H groups in total. The number of nitrogens with zero attached hydrogens (tertiary/aromatic N) is 1. The number of anilines is 1. The van der Waals surface area contributed by atoms with Crippen molar-refractivity contribution < 1.29 is 8.42 Å². The second-order valence-corrected chi connectivity index (χ2v) is 6.43. The van der Waals surface area contributed by atoms with Crippen molar-refractivity contribution in [3.63, 3.8) is 0 Å². The second kappa shape index (κ2) is 6.21. The van der Waals surface area contributed by atoms with E-state index in [1.54, 1.807) is 13.0 Å². The molecular weight excluding hydrogens is 288 g/mol. The molecule has 0 saturated heterocycles. The van der Waals surface area contributed by atoms with Crippen LogP contribution in [0.4, 0.5) is 5.82 Å². The molecule has 0 aliphatic rings. The first kappa shape index (κ1) is 15.4. The van der Waals surface area contributed by atoms with Gasteiger partial charge in [-0.25, -0.2) is 24.0 Å². The quantitative estimate of drug-likeness (QED) is 0.577. The van der Waals surface area contributed by atoms with Gasteiger partial charge in [-0.15, -0.1) is 0 Å². The minimum Gasteiger partial charge on any atom is -0.307 e. The molecule has 0 aliphatic carbocycles. The third-order valence-electron chi connectivity index (χ3n) is 3.11. The number of aryl methyl sites for hydroxylation is 1. The van der Waals surface area contributed by atoms with Gasteiger partial charge in [-0.1, -0.05) is 29.8 Å². The van der Waals surface area contributed by atoms with Crippen LogP contribution in [-0.4, -0.2) is 13.4 Å². The lowest BCUT2D eigenvalue weighted by atomic mass is 10.1. The Bertz CT molecular complexity index is 714. The van der Waals surface area contributed by atoms with Gasteiger partial charge < -0.3 is 5.43 Å². The minimum atomic E-state index is -3.72. The molecule has 0 fully saturated rings. The van der Waals surface area contributed by atoms with E-state index in [1.807, 2.05) is 31.2 Å². The van der Waals surface area contributed by atoms with Crippen molar-refractivity contribution in [2.45, 2.75) is 24.8 Å². The van der Waals surface area contributed by atoms with Crippen LogP contribution in [0.1, 0.15) is 24.1 Å². The zero-order chi connectivity index (χ0) is 15.5. The van der Waals surface area contributed by atoms with Gasteiger partial charge in [-0.2, -0.15) is 0 Å². The van der Waals surface area contributed by atoms with Crippen LogP contribution in [0.2, 0.25) is 0 Å². The number of nitrogen functional groups attached to an aromatic ring is 1. The van der Waals surface area contributed by atoms with Gasteiger partial charge in [0.2, 0.25) is 10.0 Å². The number of pyridine rings is 1. The highest BCUT2D eigenvalue weighted by Gasteiger charge is 2.21. The van der Waals surface area contributed by atoms with Crippen molar-refractivity contribution in [2.75, 3.05) is 5.43 Å². The molecule has 112 valence electrons. The lowest BCUT2D eigenvalue weighted by Crippen LogP contribution is -2.28. The van der Waals surface area contributed by atoms with Crippen molar-refractivity contribution in [1.29, 1.82) is 0 Å². The van der Waals surface area contributed by atoms with E-state index in [4.69, 9.17) is 5.84 Å². The third kappa shape index (κ3) is 3.57. The molecule has 2 aromatic rings. The second-order valence-electron chi connectivity index (χ2n) is 4.75. The van der Waals surface area contributed by atoms with Gasteiger partial charge in [0.15, 0.2) is 5.82 Å². The van der Waals surface area contributed by atoms with Crippen LogP contribution in [-0.2, 0) is 10.0 Å². The zero-order valence-electron chi connectivity index (χ0n) is 11.9. The summed E-state index contributed by atoms with van der Waals surface area (Å²) in [4.78, 5) is 3.92. The van der Waals surface area contributed by atoms with E-state index in [0.29, 0.717) is 0 Å². The van der Waals surface area contributed by atoms with E-state index >= 15 is 0 Å². The first-order chi connectivity index (χ1) is 9.94. The van der Waals surface area contributed by atoms with Gasteiger partial charge in [-0.05, 0) is 31.5 Å². The Morgan fingerprint density at radius 2 is 1.86 bits per heavy atom. The van der Waals surface area contributed by atoms with Crippen molar-refractivity contribution in [2.24, 2.45) is 5.84 Å². The van der Waals surface area contributed by atoms with E-state index in [1.165, 1.54) is 12.3 Å². The van der Waals surface area contributed by atoms with E-state index in [2.05, 4.69) is 15.1 Å². The summed E-state index contributed by atoms with van der Waals surface area (Å²) in [6.45, 7) is 3.77. The number of benzene rings is 1. The molecule has 0 amide bonds. The molecule has 21 heavy (non-hydrogen) atoms. The molecule has 0 saturated carbocycles. The Morgan fingerprint density at radius 3 is 2.48 bits per heavy atom. The summed E-state index contributed by atoms with van der Waals surface area (Å²) < 4.78 is 27.5. The Kier molecular flexibility index (Phi) is 4.56. The van der Waals surface area contributed by atoms with E-state index in [0.717, 1.165) is 11.1 Å². The highest BCUT2D eigenvalue weighted by molar-refractivity contribution is 7.89. The summed E-state index contributed by atoms with van der Waals surface area (Å²) in [6, 6.07) is 10.3. The molecule has 2 rings (SSSR count). The molecule has 1 aromatic heterocycles. The number of sulfonamides is 1. The Balaban J connectivity index is 2.26. The van der Waals surface area contributed by atoms with Crippen LogP contribution in [0.15, 0.2) is 47.5 Å². The largest absolute Gasteiger partial charge is 0.307 e. The highest BCUT2D eigenvalue weighted by Crippen LogP contribution is 2.21. The molecular formula is C14H18N4O2S. The monoisotopic (exact) mass is 306 g/mol. The average molecular weight is 306 g/mol. The number of rotatable bonds is 5. The molecule has 1 unspecified atom stereocenters. The summed E-state index contributed by atoms with van der Waals surface area (Å²) in [5.74, 6) is 5.41. The number of nitrogens with two attached hydrogens (primary N) is 1. The lowest BCUT2D eigenvalue weighted by Gasteiger charge is -2.16. The first-order valence-corrected chi connectivity index (χ1v) is 7.93. The topological polar surface area (TPSA) is 97.1 Å². The van der Waals surface area contributed by atoms with Crippen molar-refractivity contribution in [3.05, 3.63) is 53.7 Å². The summed E-state index contributed by atoms with van der Waals surface area (Å²) >= 11 is 0. The van der Waals surface area contributed by atoms with Crippen LogP contribution in [0.3, 0.4) is 0 Å². The summed E-state index contributed by atoms with van der Waals surface area (Å²) in [6.07, 6.45) is 1.47. The Hall–Kier alpha value is -1.96. The zero-order valence-corrected chi connectivity index (χ0v) is 12.7. The van der Waals surface area contributed by atoms with Gasteiger partial charge in [0.05, 0.1) is 0 Å². The van der Waals surface area contributed by atoms with E-state index < -0.39 is 10.0 Å². The van der Waals surface area contributed by atoms with Gasteiger partial charge in [0.25, 0.3) is 0 Å². The minimum absolute atomic E-state index is 0.0199. The fourth-order valence-electron chi connectivity index (χ4n) is 1.94. The average Bonchev–Trinajstić information content (AvgIpc) is 2.47. The number of aromatic nitrogens is 1. The smallest absolute Gasteiger partial charge is 0.244 e. The van der Waals surface area contributed by atoms with E-state index in [-0.39, 0.29) is 16.8 Å². The molecule has 0 bridgehead atoms. The Morgan fingerprint density at radius 1 is 1.19 bits per heavy atom. The molecule has 1 aromatic carbocycles. The maximum absolute atomic E-state index is 12.4. The number of nitrogens with one attached hydrogen (secondary N) is 2. The molecule has 1 atom stereocenters. The molecule has 7 heteroatoms. The molecule has 0 spiro atoms. The summed E-state index contributed by atoms with van der Waals surface area (Å²) in [5, 5.41) is 0. The first-order valence-electron chi connectivity index (χ1n) is 6.44. The maximum Gasteiger partial charge on any atom is 0.244 e. The predicted octanol–water partition coefficient (Wildman–Crippen LogP) is 1.72. The van der Waals surface area contributed by atoms with Crippen LogP contribution in [0.25, 0.3) is 0 Å². The number of hydrazine groups is 1. The fraction of sp³-hybridized carbons (Fsp3) is 0.214. The summed E-state index contributed by atoms with van der Waals surface area (Å²) in [5.41, 5.74) is 4.30. The lowest BCUT2D eigenvalue weighted by molar-refractivity contribution is 0.567. The van der Waals surface area contributed by atoms with Gasteiger partial charge in [-0.3, -0.25) is 0 Å². The van der Waals surface area contributed by atoms with Crippen LogP contribution >= 0.6 is 0 Å². The molecule has 6 nitrogen and oxygen atoms in total. The fourth-order valence-corrected chi connectivity index (χ4v) is 3.29. The van der Waals surface area contributed by atoms with Gasteiger partial charge in [0.1, 0.15) is 4.90 Å². The predicted molar refractivity (Wildman–Crippen MR) is 82.0 cm³/mol. The van der Waals surface area contributed by atoms with Crippen molar-refractivity contribution in [1.82, 2.24) is 9.71 Å². The number of hydrogen-bond donors (Lipinski definition) is 3. The van der Waals surface area contributed by atoms with Gasteiger partial charge >= 0.3 is 0 Å². The third-order valence-corrected chi connectivity index (χ3v) is 4.68. The van der Waals surface area contributed by atoms with Gasteiger partial charge in [0, 0.05) is 12.2 Å². The van der Waals surface area contributed by atoms with Crippen LogP contribution in [0.5, 0.6) is 0 Å². The van der Waals surface area contributed by atoms with E-state index in [9.17, 15) is 8.42 Å². The van der Waals surface area contributed by atoms with Crippen LogP contribution < -0.4 is 16.0 Å².